The van der Waals surface area contributed by atoms with Crippen molar-refractivity contribution in [2.24, 2.45) is 11.7 Å². The van der Waals surface area contributed by atoms with Gasteiger partial charge in [0.2, 0.25) is 0 Å². The summed E-state index contributed by atoms with van der Waals surface area (Å²) in [5, 5.41) is 7.28. The summed E-state index contributed by atoms with van der Waals surface area (Å²) in [5.41, 5.74) is 1.25. The van der Waals surface area contributed by atoms with Crippen LogP contribution >= 0.6 is 11.8 Å². The van der Waals surface area contributed by atoms with E-state index in [-0.39, 0.29) is 29.3 Å². The number of hydrogen-bond acceptors (Lipinski definition) is 3. The molecule has 7 heteroatoms. The molecular weight excluding hydrogens is 239 g/mol. The Morgan fingerprint density at radius 1 is 1.38 bits per heavy atom. The minimum atomic E-state index is -4.13. The first-order valence-electron chi connectivity index (χ1n) is 5.15. The van der Waals surface area contributed by atoms with Crippen LogP contribution in [0.4, 0.5) is 13.2 Å². The highest BCUT2D eigenvalue weighted by Gasteiger charge is 2.28. The standard InChI is InChI=1S/C9H16F3N3S/c10-9(11,12)16-6-5-15-3-1-7(2-4-15)8(13)14/h7H,1-6H2,(H3,13,14). The van der Waals surface area contributed by atoms with E-state index >= 15 is 0 Å². The fourth-order valence-electron chi connectivity index (χ4n) is 1.76. The van der Waals surface area contributed by atoms with Gasteiger partial charge in [0.1, 0.15) is 0 Å². The van der Waals surface area contributed by atoms with E-state index in [0.717, 1.165) is 25.9 Å². The van der Waals surface area contributed by atoms with Crippen molar-refractivity contribution >= 4 is 17.6 Å². The van der Waals surface area contributed by atoms with Gasteiger partial charge in [0.25, 0.3) is 0 Å². The normalized spacial score (nSPS) is 19.9. The summed E-state index contributed by atoms with van der Waals surface area (Å²) in [6.07, 6.45) is 1.57. The van der Waals surface area contributed by atoms with E-state index in [0.29, 0.717) is 6.54 Å². The summed E-state index contributed by atoms with van der Waals surface area (Å²) in [6.45, 7) is 1.93. The molecule has 0 atom stereocenters. The largest absolute Gasteiger partial charge is 0.441 e. The molecule has 3 nitrogen and oxygen atoms in total. The number of thioether (sulfide) groups is 1. The number of halogens is 3. The second-order valence-electron chi connectivity index (χ2n) is 3.87. The third-order valence-corrected chi connectivity index (χ3v) is 3.41. The van der Waals surface area contributed by atoms with E-state index in [1.165, 1.54) is 0 Å². The van der Waals surface area contributed by atoms with Gasteiger partial charge in [-0.25, -0.2) is 0 Å². The Morgan fingerprint density at radius 2 is 1.94 bits per heavy atom. The van der Waals surface area contributed by atoms with Crippen molar-refractivity contribution in [3.63, 3.8) is 0 Å². The Morgan fingerprint density at radius 3 is 2.38 bits per heavy atom. The van der Waals surface area contributed by atoms with E-state index in [1.807, 2.05) is 4.90 Å². The van der Waals surface area contributed by atoms with Crippen LogP contribution in [0.15, 0.2) is 0 Å². The molecule has 1 rings (SSSR count). The van der Waals surface area contributed by atoms with Gasteiger partial charge in [0.15, 0.2) is 0 Å². The number of nitrogens with two attached hydrogens (primary N) is 1. The molecule has 0 aromatic carbocycles. The van der Waals surface area contributed by atoms with Gasteiger partial charge < -0.3 is 10.6 Å². The van der Waals surface area contributed by atoms with Crippen LogP contribution in [-0.4, -0.2) is 41.6 Å². The highest BCUT2D eigenvalue weighted by Crippen LogP contribution is 2.30. The highest BCUT2D eigenvalue weighted by molar-refractivity contribution is 8.00. The summed E-state index contributed by atoms with van der Waals surface area (Å²) in [7, 11) is 0. The van der Waals surface area contributed by atoms with Crippen molar-refractivity contribution in [1.82, 2.24) is 4.90 Å². The maximum atomic E-state index is 11.9. The van der Waals surface area contributed by atoms with E-state index < -0.39 is 5.51 Å². The van der Waals surface area contributed by atoms with Crippen LogP contribution < -0.4 is 5.73 Å². The van der Waals surface area contributed by atoms with Crippen molar-refractivity contribution < 1.29 is 13.2 Å². The van der Waals surface area contributed by atoms with Crippen LogP contribution in [0, 0.1) is 11.3 Å². The molecule has 1 aliphatic rings. The Bertz CT molecular complexity index is 237. The zero-order valence-corrected chi connectivity index (χ0v) is 9.70. The number of nitrogens with zero attached hydrogens (tertiary/aromatic N) is 1. The number of hydrogen-bond donors (Lipinski definition) is 2. The smallest absolute Gasteiger partial charge is 0.387 e. The molecule has 0 radical (unpaired) electrons. The fraction of sp³-hybridized carbons (Fsp3) is 0.889. The lowest BCUT2D eigenvalue weighted by Crippen LogP contribution is -2.39. The molecule has 0 aliphatic carbocycles. The average molecular weight is 255 g/mol. The molecule has 1 saturated heterocycles. The predicted octanol–water partition coefficient (Wildman–Crippen LogP) is 1.89. The zero-order valence-electron chi connectivity index (χ0n) is 8.89. The molecule has 0 saturated carbocycles. The lowest BCUT2D eigenvalue weighted by atomic mass is 9.96. The lowest BCUT2D eigenvalue weighted by molar-refractivity contribution is -0.0329. The predicted molar refractivity (Wildman–Crippen MR) is 59.6 cm³/mol. The molecule has 3 N–H and O–H groups in total. The maximum Gasteiger partial charge on any atom is 0.441 e. The highest BCUT2D eigenvalue weighted by atomic mass is 32.2. The maximum absolute atomic E-state index is 11.9. The Hall–Kier alpha value is -0.430. The van der Waals surface area contributed by atoms with Crippen molar-refractivity contribution in [2.75, 3.05) is 25.4 Å². The molecule has 1 aliphatic heterocycles. The van der Waals surface area contributed by atoms with Gasteiger partial charge in [-0.05, 0) is 37.7 Å². The summed E-state index contributed by atoms with van der Waals surface area (Å²) < 4.78 is 35.6. The van der Waals surface area contributed by atoms with E-state index in [9.17, 15) is 13.2 Å². The third-order valence-electron chi connectivity index (χ3n) is 2.70. The zero-order chi connectivity index (χ0) is 12.2. The van der Waals surface area contributed by atoms with Crippen molar-refractivity contribution in [3.05, 3.63) is 0 Å². The third kappa shape index (κ3) is 5.07. The first kappa shape index (κ1) is 13.6. The minimum absolute atomic E-state index is 0.0257. The van der Waals surface area contributed by atoms with Crippen LogP contribution in [0.5, 0.6) is 0 Å². The second kappa shape index (κ2) is 5.77. The molecule has 16 heavy (non-hydrogen) atoms. The van der Waals surface area contributed by atoms with E-state index in [1.54, 1.807) is 0 Å². The number of amidine groups is 1. The summed E-state index contributed by atoms with van der Waals surface area (Å²) in [4.78, 5) is 2.00. The minimum Gasteiger partial charge on any atom is -0.387 e. The van der Waals surface area contributed by atoms with Gasteiger partial charge in [0, 0.05) is 18.2 Å². The number of likely N-dealkylation sites (tertiary alicyclic amines) is 1. The molecule has 0 spiro atoms. The van der Waals surface area contributed by atoms with Gasteiger partial charge in [-0.15, -0.1) is 0 Å². The molecule has 0 amide bonds. The van der Waals surface area contributed by atoms with Crippen LogP contribution in [0.3, 0.4) is 0 Å². The monoisotopic (exact) mass is 255 g/mol. The Labute approximate surface area is 97.1 Å². The van der Waals surface area contributed by atoms with Crippen LogP contribution in [-0.2, 0) is 0 Å². The van der Waals surface area contributed by atoms with Crippen LogP contribution in [0.25, 0.3) is 0 Å². The molecule has 0 unspecified atom stereocenters. The van der Waals surface area contributed by atoms with Crippen molar-refractivity contribution in [3.8, 4) is 0 Å². The van der Waals surface area contributed by atoms with E-state index in [4.69, 9.17) is 11.1 Å². The SMILES string of the molecule is N=C(N)C1CCN(CCSC(F)(F)F)CC1. The van der Waals surface area contributed by atoms with Crippen molar-refractivity contribution in [1.29, 1.82) is 5.41 Å². The second-order valence-corrected chi connectivity index (χ2v) is 5.03. The Balaban J connectivity index is 2.15. The molecular formula is C9H16F3N3S. The molecule has 1 fully saturated rings. The van der Waals surface area contributed by atoms with Gasteiger partial charge in [-0.2, -0.15) is 13.2 Å². The van der Waals surface area contributed by atoms with Gasteiger partial charge in [0.05, 0.1) is 5.84 Å². The Kier molecular flexibility index (Phi) is 4.91. The van der Waals surface area contributed by atoms with Gasteiger partial charge in [-0.3, -0.25) is 5.41 Å². The fourth-order valence-corrected chi connectivity index (χ4v) is 2.34. The van der Waals surface area contributed by atoms with Gasteiger partial charge in [-0.1, -0.05) is 0 Å². The van der Waals surface area contributed by atoms with Crippen LogP contribution in [0.2, 0.25) is 0 Å². The van der Waals surface area contributed by atoms with Gasteiger partial charge >= 0.3 is 5.51 Å². The molecule has 0 bridgehead atoms. The average Bonchev–Trinajstić information content (AvgIpc) is 2.16. The summed E-state index contributed by atoms with van der Waals surface area (Å²) >= 11 is 0.0257. The molecule has 0 aromatic heterocycles. The first-order chi connectivity index (χ1) is 7.38. The topological polar surface area (TPSA) is 53.1 Å². The van der Waals surface area contributed by atoms with Crippen LogP contribution in [0.1, 0.15) is 12.8 Å². The van der Waals surface area contributed by atoms with E-state index in [2.05, 4.69) is 0 Å². The molecule has 0 aromatic rings. The number of nitrogens with one attached hydrogen (secondary N) is 1. The number of alkyl halides is 3. The quantitative estimate of drug-likeness (QED) is 0.596. The number of rotatable bonds is 4. The lowest BCUT2D eigenvalue weighted by Gasteiger charge is -2.31. The molecule has 94 valence electrons. The first-order valence-corrected chi connectivity index (χ1v) is 6.14. The molecule has 1 heterocycles. The number of piperidine rings is 1. The van der Waals surface area contributed by atoms with Crippen molar-refractivity contribution in [2.45, 2.75) is 18.3 Å². The summed E-state index contributed by atoms with van der Waals surface area (Å²) in [5.74, 6) is 0.393. The summed E-state index contributed by atoms with van der Waals surface area (Å²) in [6, 6.07) is 0.